The van der Waals surface area contributed by atoms with Gasteiger partial charge in [0.1, 0.15) is 0 Å². The first kappa shape index (κ1) is 15.4. The lowest BCUT2D eigenvalue weighted by atomic mass is 10.0. The summed E-state index contributed by atoms with van der Waals surface area (Å²) >= 11 is 0. The van der Waals surface area contributed by atoms with Crippen LogP contribution in [0, 0.1) is 5.92 Å². The summed E-state index contributed by atoms with van der Waals surface area (Å²) in [5.41, 5.74) is 0. The zero-order chi connectivity index (χ0) is 13.4. The van der Waals surface area contributed by atoms with E-state index >= 15 is 0 Å². The third-order valence-corrected chi connectivity index (χ3v) is 3.82. The van der Waals surface area contributed by atoms with E-state index in [1.54, 1.807) is 6.92 Å². The first-order valence-corrected chi connectivity index (χ1v) is 7.28. The Morgan fingerprint density at radius 1 is 1.28 bits per heavy atom. The summed E-state index contributed by atoms with van der Waals surface area (Å²) in [4.78, 5) is 13.2. The van der Waals surface area contributed by atoms with E-state index in [-0.39, 0.29) is 5.92 Å². The molecule has 0 aliphatic carbocycles. The maximum absolute atomic E-state index is 10.7. The fraction of sp³-hybridized carbons (Fsp3) is 0.929. The van der Waals surface area contributed by atoms with Crippen LogP contribution >= 0.6 is 0 Å². The molecule has 1 fully saturated rings. The van der Waals surface area contributed by atoms with Gasteiger partial charge in [0.15, 0.2) is 0 Å². The van der Waals surface area contributed by atoms with E-state index < -0.39 is 5.97 Å². The van der Waals surface area contributed by atoms with Crippen LogP contribution < -0.4 is 5.32 Å². The van der Waals surface area contributed by atoms with Crippen LogP contribution in [0.5, 0.6) is 0 Å². The molecule has 0 amide bonds. The second-order valence-electron chi connectivity index (χ2n) is 5.57. The molecule has 106 valence electrons. The third kappa shape index (κ3) is 6.36. The SMILES string of the molecule is CC(CCCC(C)C(=O)O)NCCN1CCCC1. The lowest BCUT2D eigenvalue weighted by Gasteiger charge is -2.18. The number of hydrogen-bond donors (Lipinski definition) is 2. The standard InChI is InChI=1S/C14H28N2O2/c1-12(14(17)18)6-5-7-13(2)15-8-11-16-9-3-4-10-16/h12-13,15H,3-11H2,1-2H3,(H,17,18). The molecule has 1 rings (SSSR count). The van der Waals surface area contributed by atoms with Crippen LogP contribution in [0.2, 0.25) is 0 Å². The van der Waals surface area contributed by atoms with E-state index in [4.69, 9.17) is 5.11 Å². The van der Waals surface area contributed by atoms with Crippen LogP contribution in [0.3, 0.4) is 0 Å². The normalized spacial score (nSPS) is 19.9. The van der Waals surface area contributed by atoms with E-state index in [9.17, 15) is 4.79 Å². The number of hydrogen-bond acceptors (Lipinski definition) is 3. The van der Waals surface area contributed by atoms with Gasteiger partial charge >= 0.3 is 5.97 Å². The van der Waals surface area contributed by atoms with Crippen molar-refractivity contribution in [3.8, 4) is 0 Å². The lowest BCUT2D eigenvalue weighted by Crippen LogP contribution is -2.34. The minimum absolute atomic E-state index is 0.207. The van der Waals surface area contributed by atoms with E-state index in [0.29, 0.717) is 6.04 Å². The summed E-state index contributed by atoms with van der Waals surface area (Å²) in [6.45, 7) is 8.69. The predicted octanol–water partition coefficient (Wildman–Crippen LogP) is 1.95. The van der Waals surface area contributed by atoms with Crippen LogP contribution in [0.4, 0.5) is 0 Å². The summed E-state index contributed by atoms with van der Waals surface area (Å²) in [6.07, 6.45) is 5.54. The molecule has 4 heteroatoms. The van der Waals surface area contributed by atoms with E-state index in [0.717, 1.165) is 32.4 Å². The summed E-state index contributed by atoms with van der Waals surface area (Å²) in [6, 6.07) is 0.494. The van der Waals surface area contributed by atoms with Crippen LogP contribution in [0.1, 0.15) is 46.0 Å². The Kier molecular flexibility index (Phi) is 7.28. The molecule has 0 spiro atoms. The first-order chi connectivity index (χ1) is 8.59. The molecule has 1 saturated heterocycles. The molecule has 0 aromatic carbocycles. The fourth-order valence-corrected chi connectivity index (χ4v) is 2.43. The molecule has 1 aliphatic heterocycles. The summed E-state index contributed by atoms with van der Waals surface area (Å²) in [7, 11) is 0. The fourth-order valence-electron chi connectivity index (χ4n) is 2.43. The first-order valence-electron chi connectivity index (χ1n) is 7.28. The van der Waals surface area contributed by atoms with Crippen molar-refractivity contribution in [1.82, 2.24) is 10.2 Å². The molecule has 1 heterocycles. The molecule has 0 aromatic rings. The number of nitrogens with zero attached hydrogens (tertiary/aromatic N) is 1. The Hall–Kier alpha value is -0.610. The Bertz CT molecular complexity index is 240. The van der Waals surface area contributed by atoms with Gasteiger partial charge in [-0.15, -0.1) is 0 Å². The summed E-state index contributed by atoms with van der Waals surface area (Å²) in [5, 5.41) is 12.3. The number of nitrogens with one attached hydrogen (secondary N) is 1. The number of likely N-dealkylation sites (tertiary alicyclic amines) is 1. The Morgan fingerprint density at radius 2 is 1.94 bits per heavy atom. The van der Waals surface area contributed by atoms with Crippen LogP contribution in [0.25, 0.3) is 0 Å². The highest BCUT2D eigenvalue weighted by Crippen LogP contribution is 2.10. The van der Waals surface area contributed by atoms with Crippen molar-refractivity contribution in [2.45, 2.75) is 52.0 Å². The number of rotatable bonds is 9. The Morgan fingerprint density at radius 3 is 2.56 bits per heavy atom. The van der Waals surface area contributed by atoms with Gasteiger partial charge in [-0.25, -0.2) is 0 Å². The zero-order valence-electron chi connectivity index (χ0n) is 11.8. The quantitative estimate of drug-likeness (QED) is 0.662. The molecule has 2 atom stereocenters. The predicted molar refractivity (Wildman–Crippen MR) is 73.8 cm³/mol. The van der Waals surface area contributed by atoms with Crippen molar-refractivity contribution in [2.24, 2.45) is 5.92 Å². The molecule has 2 N–H and O–H groups in total. The molecule has 4 nitrogen and oxygen atoms in total. The molecular formula is C14H28N2O2. The Labute approximate surface area is 111 Å². The molecule has 18 heavy (non-hydrogen) atoms. The zero-order valence-corrected chi connectivity index (χ0v) is 11.8. The molecule has 0 radical (unpaired) electrons. The van der Waals surface area contributed by atoms with E-state index in [1.807, 2.05) is 0 Å². The van der Waals surface area contributed by atoms with Crippen molar-refractivity contribution < 1.29 is 9.90 Å². The molecule has 0 bridgehead atoms. The van der Waals surface area contributed by atoms with Crippen LogP contribution in [-0.4, -0.2) is 48.2 Å². The highest BCUT2D eigenvalue weighted by molar-refractivity contribution is 5.69. The lowest BCUT2D eigenvalue weighted by molar-refractivity contribution is -0.141. The van der Waals surface area contributed by atoms with Gasteiger partial charge in [-0.1, -0.05) is 13.3 Å². The number of carbonyl (C=O) groups is 1. The van der Waals surface area contributed by atoms with Crippen molar-refractivity contribution >= 4 is 5.97 Å². The maximum atomic E-state index is 10.7. The van der Waals surface area contributed by atoms with E-state index in [1.165, 1.54) is 25.9 Å². The van der Waals surface area contributed by atoms with Crippen molar-refractivity contribution in [3.05, 3.63) is 0 Å². The molecule has 2 unspecified atom stereocenters. The van der Waals surface area contributed by atoms with Crippen molar-refractivity contribution in [1.29, 1.82) is 0 Å². The second-order valence-corrected chi connectivity index (χ2v) is 5.57. The van der Waals surface area contributed by atoms with Gasteiger partial charge in [0.05, 0.1) is 5.92 Å². The highest BCUT2D eigenvalue weighted by Gasteiger charge is 2.12. The molecule has 1 aliphatic rings. The monoisotopic (exact) mass is 256 g/mol. The van der Waals surface area contributed by atoms with Gasteiger partial charge in [-0.3, -0.25) is 4.79 Å². The van der Waals surface area contributed by atoms with Crippen LogP contribution in [-0.2, 0) is 4.79 Å². The number of carboxylic acids is 1. The molecule has 0 saturated carbocycles. The third-order valence-electron chi connectivity index (χ3n) is 3.82. The van der Waals surface area contributed by atoms with Gasteiger partial charge in [0.25, 0.3) is 0 Å². The largest absolute Gasteiger partial charge is 0.481 e. The van der Waals surface area contributed by atoms with Gasteiger partial charge in [0, 0.05) is 19.1 Å². The maximum Gasteiger partial charge on any atom is 0.306 e. The minimum Gasteiger partial charge on any atom is -0.481 e. The number of carboxylic acid groups (broad SMARTS) is 1. The summed E-state index contributed by atoms with van der Waals surface area (Å²) < 4.78 is 0. The highest BCUT2D eigenvalue weighted by atomic mass is 16.4. The minimum atomic E-state index is -0.676. The Balaban J connectivity index is 1.96. The van der Waals surface area contributed by atoms with Gasteiger partial charge in [0.2, 0.25) is 0 Å². The average molecular weight is 256 g/mol. The molecule has 0 aromatic heterocycles. The van der Waals surface area contributed by atoms with Gasteiger partial charge in [-0.2, -0.15) is 0 Å². The van der Waals surface area contributed by atoms with Crippen molar-refractivity contribution in [3.63, 3.8) is 0 Å². The second kappa shape index (κ2) is 8.48. The topological polar surface area (TPSA) is 52.6 Å². The van der Waals surface area contributed by atoms with Gasteiger partial charge in [-0.05, 0) is 45.7 Å². The van der Waals surface area contributed by atoms with Crippen LogP contribution in [0.15, 0.2) is 0 Å². The number of aliphatic carboxylic acids is 1. The van der Waals surface area contributed by atoms with Crippen molar-refractivity contribution in [2.75, 3.05) is 26.2 Å². The van der Waals surface area contributed by atoms with E-state index in [2.05, 4.69) is 17.1 Å². The smallest absolute Gasteiger partial charge is 0.306 e. The average Bonchev–Trinajstić information content (AvgIpc) is 2.81. The van der Waals surface area contributed by atoms with Gasteiger partial charge < -0.3 is 15.3 Å². The summed E-state index contributed by atoms with van der Waals surface area (Å²) in [5.74, 6) is -0.883. The molecular weight excluding hydrogens is 228 g/mol.